The van der Waals surface area contributed by atoms with Crippen molar-refractivity contribution in [1.82, 2.24) is 0 Å². The lowest BCUT2D eigenvalue weighted by atomic mass is 10.5. The predicted molar refractivity (Wildman–Crippen MR) is 27.4 cm³/mol. The molecule has 0 heterocycles. The summed E-state index contributed by atoms with van der Waals surface area (Å²) < 4.78 is 15.4. The minimum atomic E-state index is -2.04. The Hall–Kier alpha value is -0.930. The molecule has 0 unspecified atom stereocenters. The van der Waals surface area contributed by atoms with Gasteiger partial charge in [-0.25, -0.2) is 9.59 Å². The Kier molecular flexibility index (Phi) is 3.59. The van der Waals surface area contributed by atoms with E-state index in [1.54, 1.807) is 6.92 Å². The Morgan fingerprint density at radius 1 is 1.56 bits per heavy atom. The highest BCUT2D eigenvalue weighted by molar-refractivity contribution is 6.29. The molecular weight excluding hydrogens is 127 g/mol. The van der Waals surface area contributed by atoms with Gasteiger partial charge in [0, 0.05) is 0 Å². The largest absolute Gasteiger partial charge is 0.458 e. The van der Waals surface area contributed by atoms with Crippen LogP contribution in [-0.4, -0.2) is 18.6 Å². The molecule has 0 atom stereocenters. The van der Waals surface area contributed by atoms with Gasteiger partial charge in [-0.05, 0) is 6.42 Å². The van der Waals surface area contributed by atoms with E-state index in [1.165, 1.54) is 0 Å². The van der Waals surface area contributed by atoms with Gasteiger partial charge in [-0.1, -0.05) is 6.92 Å². The van der Waals surface area contributed by atoms with Crippen LogP contribution in [0.1, 0.15) is 13.3 Å². The summed E-state index contributed by atoms with van der Waals surface area (Å²) in [6, 6.07) is -2.04. The predicted octanol–water partition coefficient (Wildman–Crippen LogP) is 0.436. The third kappa shape index (κ3) is 3.64. The number of hydrogen-bond donors (Lipinski definition) is 0. The highest BCUT2D eigenvalue weighted by Crippen LogP contribution is 1.84. The topological polar surface area (TPSA) is 43.4 Å². The number of carbonyl (C=O) groups excluding carboxylic acids is 2. The van der Waals surface area contributed by atoms with Crippen LogP contribution in [0.5, 0.6) is 0 Å². The Balaban J connectivity index is 3.39. The first-order valence-corrected chi connectivity index (χ1v) is 2.55. The van der Waals surface area contributed by atoms with Crippen molar-refractivity contribution in [2.24, 2.45) is 0 Å². The molecule has 0 aliphatic heterocycles. The first-order valence-electron chi connectivity index (χ1n) is 2.55. The summed E-state index contributed by atoms with van der Waals surface area (Å²) >= 11 is 0. The molecule has 0 aliphatic rings. The van der Waals surface area contributed by atoms with Crippen molar-refractivity contribution >= 4 is 12.0 Å². The molecule has 52 valence electrons. The van der Waals surface area contributed by atoms with Crippen LogP contribution in [0.2, 0.25) is 0 Å². The maximum atomic E-state index is 11.3. The van der Waals surface area contributed by atoms with E-state index >= 15 is 0 Å². The van der Waals surface area contributed by atoms with Crippen LogP contribution in [0.15, 0.2) is 0 Å². The lowest BCUT2D eigenvalue weighted by Crippen LogP contribution is -2.12. The van der Waals surface area contributed by atoms with E-state index in [2.05, 4.69) is 4.74 Å². The third-order valence-corrected chi connectivity index (χ3v) is 0.598. The van der Waals surface area contributed by atoms with Crippen LogP contribution < -0.4 is 0 Å². The second-order valence-corrected chi connectivity index (χ2v) is 1.41. The standard InChI is InChI=1S/C5H7FO3/c1-2-3-9-5(8)4(6)7/h2-3H2,1H3. The van der Waals surface area contributed by atoms with Gasteiger partial charge in [-0.2, -0.15) is 4.39 Å². The van der Waals surface area contributed by atoms with Gasteiger partial charge in [0.15, 0.2) is 0 Å². The average molecular weight is 134 g/mol. The zero-order valence-electron chi connectivity index (χ0n) is 5.02. The molecule has 0 aromatic heterocycles. The molecule has 0 amide bonds. The molecule has 0 rings (SSSR count). The molecule has 0 spiro atoms. The van der Waals surface area contributed by atoms with Crippen LogP contribution in [0.3, 0.4) is 0 Å². The van der Waals surface area contributed by atoms with Gasteiger partial charge in [-0.3, -0.25) is 0 Å². The summed E-state index contributed by atoms with van der Waals surface area (Å²) in [5.74, 6) is -1.41. The van der Waals surface area contributed by atoms with Crippen LogP contribution >= 0.6 is 0 Å². The molecule has 4 heteroatoms. The number of carbonyl (C=O) groups is 2. The number of rotatable bonds is 3. The quantitative estimate of drug-likeness (QED) is 0.319. The summed E-state index contributed by atoms with van der Waals surface area (Å²) in [6.07, 6.45) is 0.582. The van der Waals surface area contributed by atoms with Crippen LogP contribution in [0.25, 0.3) is 0 Å². The van der Waals surface area contributed by atoms with E-state index in [0.717, 1.165) is 0 Å². The third-order valence-electron chi connectivity index (χ3n) is 0.598. The molecule has 3 nitrogen and oxygen atoms in total. The van der Waals surface area contributed by atoms with E-state index < -0.39 is 12.0 Å². The van der Waals surface area contributed by atoms with Crippen LogP contribution in [-0.2, 0) is 14.3 Å². The smallest absolute Gasteiger partial charge is 0.409 e. The Labute approximate surface area is 51.8 Å². The molecule has 0 N–H and O–H groups in total. The minimum Gasteiger partial charge on any atom is -0.458 e. The zero-order chi connectivity index (χ0) is 7.28. The average Bonchev–Trinajstić information content (AvgIpc) is 1.82. The maximum absolute atomic E-state index is 11.3. The molecule has 0 fully saturated rings. The summed E-state index contributed by atoms with van der Waals surface area (Å²) in [5, 5.41) is 0. The van der Waals surface area contributed by atoms with Crippen molar-refractivity contribution in [3.63, 3.8) is 0 Å². The summed E-state index contributed by atoms with van der Waals surface area (Å²) in [5.41, 5.74) is 0. The molecule has 0 radical (unpaired) electrons. The zero-order valence-corrected chi connectivity index (χ0v) is 5.02. The SMILES string of the molecule is CCCOC(=O)C(=O)F. The number of esters is 1. The summed E-state index contributed by atoms with van der Waals surface area (Å²) in [6.45, 7) is 1.84. The second kappa shape index (κ2) is 4.00. The summed E-state index contributed by atoms with van der Waals surface area (Å²) in [4.78, 5) is 19.5. The van der Waals surface area contributed by atoms with E-state index in [9.17, 15) is 14.0 Å². The van der Waals surface area contributed by atoms with Crippen molar-refractivity contribution in [2.75, 3.05) is 6.61 Å². The number of hydrogen-bond acceptors (Lipinski definition) is 3. The Morgan fingerprint density at radius 2 is 2.11 bits per heavy atom. The van der Waals surface area contributed by atoms with Gasteiger partial charge in [0.1, 0.15) is 0 Å². The van der Waals surface area contributed by atoms with Crippen molar-refractivity contribution in [2.45, 2.75) is 13.3 Å². The fourth-order valence-electron chi connectivity index (χ4n) is 0.251. The van der Waals surface area contributed by atoms with Crippen molar-refractivity contribution in [3.05, 3.63) is 0 Å². The highest BCUT2D eigenvalue weighted by atomic mass is 19.1. The lowest BCUT2D eigenvalue weighted by Gasteiger charge is -1.94. The minimum absolute atomic E-state index is 0.0918. The van der Waals surface area contributed by atoms with E-state index in [0.29, 0.717) is 6.42 Å². The molecule has 9 heavy (non-hydrogen) atoms. The molecule has 0 saturated heterocycles. The van der Waals surface area contributed by atoms with Crippen molar-refractivity contribution < 1.29 is 18.7 Å². The van der Waals surface area contributed by atoms with Gasteiger partial charge in [0.05, 0.1) is 6.61 Å². The van der Waals surface area contributed by atoms with Crippen molar-refractivity contribution in [3.8, 4) is 0 Å². The number of halogens is 1. The lowest BCUT2D eigenvalue weighted by molar-refractivity contribution is -0.159. The van der Waals surface area contributed by atoms with Gasteiger partial charge >= 0.3 is 12.0 Å². The van der Waals surface area contributed by atoms with Crippen LogP contribution in [0, 0.1) is 0 Å². The van der Waals surface area contributed by atoms with Gasteiger partial charge in [-0.15, -0.1) is 0 Å². The molecule has 0 saturated carbocycles. The first kappa shape index (κ1) is 8.07. The fraction of sp³-hybridized carbons (Fsp3) is 0.600. The monoisotopic (exact) mass is 134 g/mol. The van der Waals surface area contributed by atoms with Crippen LogP contribution in [0.4, 0.5) is 4.39 Å². The van der Waals surface area contributed by atoms with Crippen molar-refractivity contribution in [1.29, 1.82) is 0 Å². The maximum Gasteiger partial charge on any atom is 0.409 e. The molecule has 0 aromatic rings. The molecule has 0 aromatic carbocycles. The van der Waals surface area contributed by atoms with Gasteiger partial charge in [0.25, 0.3) is 0 Å². The summed E-state index contributed by atoms with van der Waals surface area (Å²) in [7, 11) is 0. The van der Waals surface area contributed by atoms with Gasteiger partial charge in [0.2, 0.25) is 0 Å². The highest BCUT2D eigenvalue weighted by Gasteiger charge is 2.11. The van der Waals surface area contributed by atoms with E-state index in [1.807, 2.05) is 0 Å². The normalized spacial score (nSPS) is 8.67. The van der Waals surface area contributed by atoms with Gasteiger partial charge < -0.3 is 4.74 Å². The Morgan fingerprint density at radius 3 is 2.44 bits per heavy atom. The number of ether oxygens (including phenoxy) is 1. The van der Waals surface area contributed by atoms with E-state index in [4.69, 9.17) is 0 Å². The fourth-order valence-corrected chi connectivity index (χ4v) is 0.251. The molecule has 0 aliphatic carbocycles. The van der Waals surface area contributed by atoms with E-state index in [-0.39, 0.29) is 6.61 Å². The molecular formula is C5H7FO3. The Bertz CT molecular complexity index is 121. The second-order valence-electron chi connectivity index (χ2n) is 1.41. The first-order chi connectivity index (χ1) is 4.18. The molecule has 0 bridgehead atoms.